The maximum atomic E-state index is 9.88. The van der Waals surface area contributed by atoms with E-state index in [0.29, 0.717) is 34.2 Å². The molecule has 0 spiro atoms. The zero-order valence-corrected chi connectivity index (χ0v) is 20.4. The Bertz CT molecular complexity index is 1300. The van der Waals surface area contributed by atoms with E-state index in [9.17, 15) is 5.11 Å². The molecule has 0 aliphatic rings. The fourth-order valence-electron chi connectivity index (χ4n) is 2.92. The van der Waals surface area contributed by atoms with Crippen molar-refractivity contribution < 1.29 is 19.0 Å². The third kappa shape index (κ3) is 6.38. The van der Waals surface area contributed by atoms with Gasteiger partial charge < -0.3 is 29.6 Å². The van der Waals surface area contributed by atoms with Crippen LogP contribution in [-0.2, 0) is 6.54 Å². The first-order valence-corrected chi connectivity index (χ1v) is 11.1. The lowest BCUT2D eigenvalue weighted by atomic mass is 10.2. The highest BCUT2D eigenvalue weighted by atomic mass is 79.9. The highest BCUT2D eigenvalue weighted by Crippen LogP contribution is 2.31. The lowest BCUT2D eigenvalue weighted by Gasteiger charge is -2.10. The molecular formula is C23H22BrN7O4. The molecule has 0 radical (unpaired) electrons. The van der Waals surface area contributed by atoms with Crippen LogP contribution in [0.25, 0.3) is 0 Å². The van der Waals surface area contributed by atoms with Gasteiger partial charge in [0.1, 0.15) is 11.5 Å². The number of ether oxygens (including phenoxy) is 2. The quantitative estimate of drug-likeness (QED) is 0.165. The Morgan fingerprint density at radius 3 is 2.51 bits per heavy atom. The second-order valence-electron chi connectivity index (χ2n) is 7.01. The molecule has 2 aromatic heterocycles. The van der Waals surface area contributed by atoms with E-state index in [1.165, 1.54) is 13.2 Å². The van der Waals surface area contributed by atoms with Gasteiger partial charge in [-0.15, -0.1) is 0 Å². The zero-order chi connectivity index (χ0) is 24.6. The molecule has 0 amide bonds. The predicted molar refractivity (Wildman–Crippen MR) is 136 cm³/mol. The molecule has 180 valence electrons. The summed E-state index contributed by atoms with van der Waals surface area (Å²) in [5.74, 6) is 2.63. The van der Waals surface area contributed by atoms with E-state index in [0.717, 1.165) is 17.2 Å². The highest BCUT2D eigenvalue weighted by molar-refractivity contribution is 9.10. The Hall–Kier alpha value is -4.32. The number of rotatable bonds is 10. The molecular weight excluding hydrogens is 518 g/mol. The number of halogens is 1. The molecule has 4 rings (SSSR count). The summed E-state index contributed by atoms with van der Waals surface area (Å²) in [6.45, 7) is 0.391. The monoisotopic (exact) mass is 539 g/mol. The average molecular weight is 540 g/mol. The molecule has 0 saturated heterocycles. The Balaban J connectivity index is 1.55. The van der Waals surface area contributed by atoms with Gasteiger partial charge in [0, 0.05) is 15.7 Å². The van der Waals surface area contributed by atoms with Crippen molar-refractivity contribution in [3.8, 4) is 17.2 Å². The van der Waals surface area contributed by atoms with E-state index in [-0.39, 0.29) is 11.7 Å². The normalized spacial score (nSPS) is 10.8. The molecule has 2 aromatic carbocycles. The molecule has 0 bridgehead atoms. The molecule has 2 heterocycles. The van der Waals surface area contributed by atoms with Crippen molar-refractivity contribution in [1.82, 2.24) is 15.0 Å². The fourth-order valence-corrected chi connectivity index (χ4v) is 3.36. The fraction of sp³-hybridized carbons (Fsp3) is 0.130. The van der Waals surface area contributed by atoms with Crippen molar-refractivity contribution in [2.75, 3.05) is 30.3 Å². The smallest absolute Gasteiger partial charge is 0.250 e. The van der Waals surface area contributed by atoms with Gasteiger partial charge in [-0.05, 0) is 64.5 Å². The van der Waals surface area contributed by atoms with Gasteiger partial charge in [-0.3, -0.25) is 0 Å². The molecule has 0 unspecified atom stereocenters. The van der Waals surface area contributed by atoms with Crippen LogP contribution in [0.15, 0.2) is 68.8 Å². The topological polar surface area (TPSA) is 139 Å². The van der Waals surface area contributed by atoms with Crippen LogP contribution in [0, 0.1) is 0 Å². The summed E-state index contributed by atoms with van der Waals surface area (Å²) in [5, 5.41) is 20.3. The SMILES string of the molecule is COc1ccc(Nc2nc(NCc3ccco3)nc(N/N=C/c3cc(OC)c(O)cc3Br)n2)cc1. The van der Waals surface area contributed by atoms with Gasteiger partial charge in [-0.2, -0.15) is 20.1 Å². The number of aromatic nitrogens is 3. The van der Waals surface area contributed by atoms with Crippen LogP contribution >= 0.6 is 15.9 Å². The lowest BCUT2D eigenvalue weighted by Crippen LogP contribution is -2.09. The van der Waals surface area contributed by atoms with Gasteiger partial charge in [-0.25, -0.2) is 5.43 Å². The van der Waals surface area contributed by atoms with Crippen molar-refractivity contribution in [1.29, 1.82) is 0 Å². The number of benzene rings is 2. The van der Waals surface area contributed by atoms with Crippen LogP contribution in [0.4, 0.5) is 23.5 Å². The summed E-state index contributed by atoms with van der Waals surface area (Å²) in [6, 6.07) is 14.2. The number of furan rings is 1. The number of phenolic OH excluding ortho intramolecular Hbond substituents is 1. The maximum Gasteiger partial charge on any atom is 0.250 e. The predicted octanol–water partition coefficient (Wildman–Crippen LogP) is 4.75. The second-order valence-corrected chi connectivity index (χ2v) is 7.86. The summed E-state index contributed by atoms with van der Waals surface area (Å²) in [7, 11) is 3.08. The summed E-state index contributed by atoms with van der Waals surface area (Å²) in [6.07, 6.45) is 3.14. The minimum Gasteiger partial charge on any atom is -0.504 e. The van der Waals surface area contributed by atoms with Crippen LogP contribution in [0.2, 0.25) is 0 Å². The van der Waals surface area contributed by atoms with Crippen molar-refractivity contribution in [3.63, 3.8) is 0 Å². The van der Waals surface area contributed by atoms with Crippen LogP contribution < -0.4 is 25.5 Å². The Labute approximate surface area is 209 Å². The summed E-state index contributed by atoms with van der Waals surface area (Å²) >= 11 is 3.39. The minimum absolute atomic E-state index is 0.0171. The van der Waals surface area contributed by atoms with Crippen LogP contribution in [-0.4, -0.2) is 40.5 Å². The summed E-state index contributed by atoms with van der Waals surface area (Å²) in [5.41, 5.74) is 4.25. The van der Waals surface area contributed by atoms with Gasteiger partial charge in [0.05, 0.1) is 33.2 Å². The zero-order valence-electron chi connectivity index (χ0n) is 18.8. The van der Waals surface area contributed by atoms with Gasteiger partial charge >= 0.3 is 0 Å². The van der Waals surface area contributed by atoms with E-state index < -0.39 is 0 Å². The van der Waals surface area contributed by atoms with Crippen molar-refractivity contribution in [2.24, 2.45) is 5.10 Å². The number of hydrogen-bond donors (Lipinski definition) is 4. The first-order valence-electron chi connectivity index (χ1n) is 10.3. The van der Waals surface area contributed by atoms with Crippen LogP contribution in [0.1, 0.15) is 11.3 Å². The van der Waals surface area contributed by atoms with Crippen LogP contribution in [0.5, 0.6) is 17.2 Å². The van der Waals surface area contributed by atoms with E-state index in [2.05, 4.69) is 52.0 Å². The van der Waals surface area contributed by atoms with Gasteiger partial charge in [0.25, 0.3) is 0 Å². The number of phenols is 1. The number of hydrazone groups is 1. The van der Waals surface area contributed by atoms with E-state index >= 15 is 0 Å². The highest BCUT2D eigenvalue weighted by Gasteiger charge is 2.09. The molecule has 4 N–H and O–H groups in total. The molecule has 0 aliphatic heterocycles. The molecule has 11 nitrogen and oxygen atoms in total. The molecule has 0 saturated carbocycles. The Morgan fingerprint density at radius 2 is 1.80 bits per heavy atom. The minimum atomic E-state index is 0.0171. The van der Waals surface area contributed by atoms with Gasteiger partial charge in [0.15, 0.2) is 11.5 Å². The number of anilines is 4. The number of nitrogens with one attached hydrogen (secondary N) is 3. The van der Waals surface area contributed by atoms with E-state index in [1.807, 2.05) is 30.3 Å². The summed E-state index contributed by atoms with van der Waals surface area (Å²) < 4.78 is 16.3. The molecule has 0 aliphatic carbocycles. The molecule has 0 fully saturated rings. The second kappa shape index (κ2) is 11.2. The van der Waals surface area contributed by atoms with Crippen molar-refractivity contribution in [2.45, 2.75) is 6.54 Å². The summed E-state index contributed by atoms with van der Waals surface area (Å²) in [4.78, 5) is 13.2. The van der Waals surface area contributed by atoms with Gasteiger partial charge in [0.2, 0.25) is 17.8 Å². The number of nitrogens with zero attached hydrogens (tertiary/aromatic N) is 4. The largest absolute Gasteiger partial charge is 0.504 e. The molecule has 35 heavy (non-hydrogen) atoms. The standard InChI is InChI=1S/C23H22BrN7O4/c1-33-16-7-5-15(6-8-16)27-22-28-21(25-13-17-4-3-9-35-17)29-23(30-22)31-26-12-14-10-20(34-2)19(32)11-18(14)24/h3-12,32H,13H2,1-2H3,(H3,25,27,28,29,30,31)/b26-12+. The average Bonchev–Trinajstić information content (AvgIpc) is 3.38. The number of methoxy groups -OCH3 is 2. The van der Waals surface area contributed by atoms with Crippen LogP contribution in [0.3, 0.4) is 0 Å². The Kier molecular flexibility index (Phi) is 7.63. The first-order chi connectivity index (χ1) is 17.0. The van der Waals surface area contributed by atoms with Gasteiger partial charge in [-0.1, -0.05) is 0 Å². The van der Waals surface area contributed by atoms with Crippen molar-refractivity contribution >= 4 is 45.7 Å². The maximum absolute atomic E-state index is 9.88. The Morgan fingerprint density at radius 1 is 1.03 bits per heavy atom. The third-order valence-electron chi connectivity index (χ3n) is 4.65. The first kappa shape index (κ1) is 23.8. The molecule has 0 atom stereocenters. The molecule has 12 heteroatoms. The van der Waals surface area contributed by atoms with E-state index in [1.54, 1.807) is 31.7 Å². The van der Waals surface area contributed by atoms with E-state index in [4.69, 9.17) is 13.9 Å². The van der Waals surface area contributed by atoms with Crippen molar-refractivity contribution in [3.05, 3.63) is 70.6 Å². The number of aromatic hydroxyl groups is 1. The molecule has 4 aromatic rings. The lowest BCUT2D eigenvalue weighted by molar-refractivity contribution is 0.373. The number of hydrogen-bond acceptors (Lipinski definition) is 11. The third-order valence-corrected chi connectivity index (χ3v) is 5.34.